The van der Waals surface area contributed by atoms with Gasteiger partial charge in [0.15, 0.2) is 0 Å². The smallest absolute Gasteiger partial charge is 0.416 e. The van der Waals surface area contributed by atoms with Gasteiger partial charge in [0, 0.05) is 17.8 Å². The van der Waals surface area contributed by atoms with Crippen molar-refractivity contribution in [1.29, 1.82) is 0 Å². The standard InChI is InChI=1S/C37H44F5N3O4/c1-20(2)11-31(45-19-26(15-24-7-9-44(6)10-8-24)29(17-32(45)46)37(40,41)42)36(49)43-30(18-33(47)48)28-16-25(12-23(5)35(28)39)34-21(3)13-27(38)14-22(34)4/h12-14,16-17,19-20,24,30-31H,7-11,15,18H2,1-6H3,(H,43,49)(H,47,48)/t30-,31-/m0/s1. The second-order valence-electron chi connectivity index (χ2n) is 13.8. The summed E-state index contributed by atoms with van der Waals surface area (Å²) in [5.41, 5.74) is 0.136. The normalized spacial score (nSPS) is 15.8. The number of nitrogens with zero attached hydrogens (tertiary/aromatic N) is 2. The van der Waals surface area contributed by atoms with Gasteiger partial charge in [0.05, 0.1) is 18.0 Å². The number of carbonyl (C=O) groups is 2. The summed E-state index contributed by atoms with van der Waals surface area (Å²) < 4.78 is 73.4. The van der Waals surface area contributed by atoms with Gasteiger partial charge in [0.2, 0.25) is 5.91 Å². The number of aromatic nitrogens is 1. The summed E-state index contributed by atoms with van der Waals surface area (Å²) in [7, 11) is 1.94. The molecule has 266 valence electrons. The maximum Gasteiger partial charge on any atom is 0.416 e. The van der Waals surface area contributed by atoms with Crippen molar-refractivity contribution in [1.82, 2.24) is 14.8 Å². The second kappa shape index (κ2) is 15.2. The summed E-state index contributed by atoms with van der Waals surface area (Å²) in [4.78, 5) is 41.5. The number of aliphatic carboxylic acids is 1. The molecule has 0 spiro atoms. The van der Waals surface area contributed by atoms with Gasteiger partial charge in [-0.15, -0.1) is 0 Å². The molecule has 2 heterocycles. The summed E-state index contributed by atoms with van der Waals surface area (Å²) in [5, 5.41) is 12.4. The SMILES string of the molecule is Cc1cc(-c2c(C)cc(F)cc2C)cc([C@H](CC(=O)O)NC(=O)[C@H](CC(C)C)n2cc(CC3CCN(C)CC3)c(C(F)(F)F)cc2=O)c1F. The molecule has 2 atom stereocenters. The first-order valence-electron chi connectivity index (χ1n) is 16.5. The number of likely N-dealkylation sites (tertiary alicyclic amines) is 1. The molecule has 7 nitrogen and oxygen atoms in total. The van der Waals surface area contributed by atoms with E-state index in [1.54, 1.807) is 33.8 Å². The van der Waals surface area contributed by atoms with Crippen LogP contribution in [0.5, 0.6) is 0 Å². The summed E-state index contributed by atoms with van der Waals surface area (Å²) in [6.45, 7) is 9.90. The number of halogens is 5. The van der Waals surface area contributed by atoms with Crippen LogP contribution in [0.4, 0.5) is 22.0 Å². The highest BCUT2D eigenvalue weighted by Crippen LogP contribution is 2.36. The van der Waals surface area contributed by atoms with Crippen LogP contribution in [-0.4, -0.2) is 46.6 Å². The molecule has 2 aromatic carbocycles. The number of rotatable bonds is 11. The van der Waals surface area contributed by atoms with E-state index in [1.165, 1.54) is 25.1 Å². The van der Waals surface area contributed by atoms with Gasteiger partial charge >= 0.3 is 12.1 Å². The largest absolute Gasteiger partial charge is 0.481 e. The number of alkyl halides is 3. The third-order valence-electron chi connectivity index (χ3n) is 9.29. The Bertz CT molecular complexity index is 1740. The number of aryl methyl sites for hydroxylation is 3. The van der Waals surface area contributed by atoms with Gasteiger partial charge in [0.25, 0.3) is 5.56 Å². The lowest BCUT2D eigenvalue weighted by Gasteiger charge is -2.30. The number of carbonyl (C=O) groups excluding carboxylic acids is 1. The molecular weight excluding hydrogens is 645 g/mol. The van der Waals surface area contributed by atoms with Crippen LogP contribution in [0.2, 0.25) is 0 Å². The monoisotopic (exact) mass is 689 g/mol. The molecule has 2 N–H and O–H groups in total. The molecule has 49 heavy (non-hydrogen) atoms. The Morgan fingerprint density at radius 3 is 2.14 bits per heavy atom. The van der Waals surface area contributed by atoms with E-state index in [-0.39, 0.29) is 41.4 Å². The van der Waals surface area contributed by atoms with Crippen LogP contribution >= 0.6 is 0 Å². The highest BCUT2D eigenvalue weighted by Gasteiger charge is 2.37. The molecule has 1 aliphatic heterocycles. The highest BCUT2D eigenvalue weighted by molar-refractivity contribution is 5.82. The number of pyridine rings is 1. The fourth-order valence-corrected chi connectivity index (χ4v) is 6.87. The van der Waals surface area contributed by atoms with Gasteiger partial charge in [-0.3, -0.25) is 14.4 Å². The van der Waals surface area contributed by atoms with E-state index < -0.39 is 59.3 Å². The summed E-state index contributed by atoms with van der Waals surface area (Å²) in [6, 6.07) is 3.46. The molecule has 0 aliphatic carbocycles. The minimum absolute atomic E-state index is 0.0417. The fourth-order valence-electron chi connectivity index (χ4n) is 6.87. The average molecular weight is 690 g/mol. The lowest BCUT2D eigenvalue weighted by atomic mass is 9.89. The summed E-state index contributed by atoms with van der Waals surface area (Å²) >= 11 is 0. The Kier molecular flexibility index (Phi) is 11.7. The molecular formula is C37H44F5N3O4. The Morgan fingerprint density at radius 1 is 0.980 bits per heavy atom. The van der Waals surface area contributed by atoms with Crippen molar-refractivity contribution in [3.8, 4) is 11.1 Å². The van der Waals surface area contributed by atoms with Crippen LogP contribution in [0.15, 0.2) is 41.3 Å². The van der Waals surface area contributed by atoms with Crippen LogP contribution in [-0.2, 0) is 22.2 Å². The van der Waals surface area contributed by atoms with E-state index >= 15 is 4.39 Å². The number of carboxylic acid groups (broad SMARTS) is 1. The van der Waals surface area contributed by atoms with Gasteiger partial charge in [-0.2, -0.15) is 13.2 Å². The van der Waals surface area contributed by atoms with Crippen molar-refractivity contribution in [2.24, 2.45) is 11.8 Å². The predicted octanol–water partition coefficient (Wildman–Crippen LogP) is 7.54. The molecule has 3 aromatic rings. The molecule has 0 unspecified atom stereocenters. The van der Waals surface area contributed by atoms with Gasteiger partial charge in [-0.1, -0.05) is 13.8 Å². The third-order valence-corrected chi connectivity index (χ3v) is 9.29. The number of hydrogen-bond acceptors (Lipinski definition) is 4. The van der Waals surface area contributed by atoms with Crippen LogP contribution in [0.1, 0.15) is 85.0 Å². The zero-order valence-electron chi connectivity index (χ0n) is 28.7. The first kappa shape index (κ1) is 37.8. The van der Waals surface area contributed by atoms with E-state index in [0.717, 1.165) is 23.9 Å². The van der Waals surface area contributed by atoms with Crippen molar-refractivity contribution >= 4 is 11.9 Å². The molecule has 1 saturated heterocycles. The number of carboxylic acids is 1. The maximum absolute atomic E-state index is 15.8. The number of nitrogens with one attached hydrogen (secondary N) is 1. The van der Waals surface area contributed by atoms with Gasteiger partial charge < -0.3 is 19.9 Å². The number of piperidine rings is 1. The summed E-state index contributed by atoms with van der Waals surface area (Å²) in [6.07, 6.45) is -2.91. The van der Waals surface area contributed by atoms with E-state index in [9.17, 15) is 37.1 Å². The Labute approximate surface area is 283 Å². The quantitative estimate of drug-likeness (QED) is 0.203. The van der Waals surface area contributed by atoms with Crippen LogP contribution < -0.4 is 10.9 Å². The lowest BCUT2D eigenvalue weighted by molar-refractivity contribution is -0.139. The number of amides is 1. The third kappa shape index (κ3) is 9.14. The van der Waals surface area contributed by atoms with E-state index in [2.05, 4.69) is 10.2 Å². The van der Waals surface area contributed by atoms with Crippen molar-refractivity contribution in [2.45, 2.75) is 85.0 Å². The molecule has 0 saturated carbocycles. The first-order valence-corrected chi connectivity index (χ1v) is 16.5. The van der Waals surface area contributed by atoms with Gasteiger partial charge in [-0.05, 0) is 136 Å². The number of benzene rings is 2. The van der Waals surface area contributed by atoms with Gasteiger partial charge in [-0.25, -0.2) is 8.78 Å². The second-order valence-corrected chi connectivity index (χ2v) is 13.8. The molecule has 12 heteroatoms. The zero-order chi connectivity index (χ0) is 36.4. The Hall–Kier alpha value is -4.06. The Balaban J connectivity index is 1.78. The van der Waals surface area contributed by atoms with E-state index in [1.807, 2.05) is 7.05 Å². The maximum atomic E-state index is 15.8. The number of hydrogen-bond donors (Lipinski definition) is 2. The van der Waals surface area contributed by atoms with Crippen molar-refractivity contribution in [3.05, 3.63) is 91.9 Å². The van der Waals surface area contributed by atoms with Crippen LogP contribution in [0.3, 0.4) is 0 Å². The molecule has 0 bridgehead atoms. The van der Waals surface area contributed by atoms with E-state index in [0.29, 0.717) is 41.2 Å². The highest BCUT2D eigenvalue weighted by atomic mass is 19.4. The minimum atomic E-state index is -4.79. The molecule has 1 fully saturated rings. The molecule has 1 aliphatic rings. The van der Waals surface area contributed by atoms with Crippen molar-refractivity contribution in [3.63, 3.8) is 0 Å². The zero-order valence-corrected chi connectivity index (χ0v) is 28.7. The lowest BCUT2D eigenvalue weighted by Crippen LogP contribution is -2.41. The minimum Gasteiger partial charge on any atom is -0.481 e. The molecule has 1 amide bonds. The molecule has 4 rings (SSSR count). The molecule has 0 radical (unpaired) electrons. The predicted molar refractivity (Wildman–Crippen MR) is 177 cm³/mol. The van der Waals surface area contributed by atoms with Crippen LogP contribution in [0.25, 0.3) is 11.1 Å². The first-order chi connectivity index (χ1) is 22.8. The van der Waals surface area contributed by atoms with Crippen molar-refractivity contribution in [2.75, 3.05) is 20.1 Å². The van der Waals surface area contributed by atoms with Gasteiger partial charge in [0.1, 0.15) is 17.7 Å². The van der Waals surface area contributed by atoms with Crippen molar-refractivity contribution < 1.29 is 36.6 Å². The van der Waals surface area contributed by atoms with E-state index in [4.69, 9.17) is 0 Å². The average Bonchev–Trinajstić information content (AvgIpc) is 2.97. The topological polar surface area (TPSA) is 91.6 Å². The Morgan fingerprint density at radius 2 is 1.59 bits per heavy atom. The fraction of sp³-hybridized carbons (Fsp3) is 0.486. The molecule has 1 aromatic heterocycles. The van der Waals surface area contributed by atoms with Crippen LogP contribution in [0, 0.1) is 44.2 Å². The summed E-state index contributed by atoms with van der Waals surface area (Å²) in [5.74, 6) is -3.62.